The van der Waals surface area contributed by atoms with E-state index in [0.29, 0.717) is 22.5 Å². The molecule has 1 amide bonds. The zero-order chi connectivity index (χ0) is 21.0. The molecule has 0 aliphatic heterocycles. The molecule has 3 unspecified atom stereocenters. The van der Waals surface area contributed by atoms with Gasteiger partial charge in [-0.05, 0) is 49.9 Å². The Kier molecular flexibility index (Phi) is 6.94. The molecule has 3 N–H and O–H groups in total. The highest BCUT2D eigenvalue weighted by molar-refractivity contribution is 8.00. The van der Waals surface area contributed by atoms with Crippen molar-refractivity contribution in [1.82, 2.24) is 20.2 Å². The molecule has 3 atom stereocenters. The van der Waals surface area contributed by atoms with Crippen LogP contribution in [-0.2, 0) is 4.79 Å². The molecule has 158 valence electrons. The minimum absolute atomic E-state index is 0.0451. The lowest BCUT2D eigenvalue weighted by Crippen LogP contribution is -2.44. The summed E-state index contributed by atoms with van der Waals surface area (Å²) in [6, 6.07) is 6.16. The van der Waals surface area contributed by atoms with Crippen molar-refractivity contribution in [2.45, 2.75) is 62.6 Å². The highest BCUT2D eigenvalue weighted by atomic mass is 32.2. The van der Waals surface area contributed by atoms with E-state index in [9.17, 15) is 13.6 Å². The molecule has 0 saturated heterocycles. The van der Waals surface area contributed by atoms with Crippen molar-refractivity contribution in [3.63, 3.8) is 0 Å². The van der Waals surface area contributed by atoms with Crippen molar-refractivity contribution in [2.24, 2.45) is 5.92 Å². The molecule has 29 heavy (non-hydrogen) atoms. The second-order valence-corrected chi connectivity index (χ2v) is 8.52. The number of halogens is 2. The predicted octanol–water partition coefficient (Wildman–Crippen LogP) is 3.44. The first-order chi connectivity index (χ1) is 13.8. The fourth-order valence-corrected chi connectivity index (χ4v) is 4.16. The Hall–Kier alpha value is -2.36. The third-order valence-corrected chi connectivity index (χ3v) is 6.15. The number of alkyl halides is 2. The number of carbonyl (C=O) groups is 1. The first kappa shape index (κ1) is 21.4. The van der Waals surface area contributed by atoms with E-state index in [1.54, 1.807) is 19.1 Å². The summed E-state index contributed by atoms with van der Waals surface area (Å²) in [6.07, 6.45) is 4.49. The second kappa shape index (κ2) is 9.43. The zero-order valence-corrected chi connectivity index (χ0v) is 17.2. The number of nitrogens with zero attached hydrogens (tertiary/aromatic N) is 3. The van der Waals surface area contributed by atoms with Crippen molar-refractivity contribution in [3.8, 4) is 17.1 Å². The summed E-state index contributed by atoms with van der Waals surface area (Å²) in [6.45, 7) is 1.09. The summed E-state index contributed by atoms with van der Waals surface area (Å²) in [4.78, 5) is 12.6. The van der Waals surface area contributed by atoms with Crippen LogP contribution in [0.4, 0.5) is 8.78 Å². The number of nitrogen functional groups attached to an aromatic ring is 1. The van der Waals surface area contributed by atoms with Gasteiger partial charge in [0.1, 0.15) is 5.75 Å². The van der Waals surface area contributed by atoms with Gasteiger partial charge in [-0.1, -0.05) is 31.5 Å². The molecule has 2 aromatic rings. The van der Waals surface area contributed by atoms with E-state index in [-0.39, 0.29) is 22.9 Å². The summed E-state index contributed by atoms with van der Waals surface area (Å²) in [5, 5.41) is 11.3. The molecule has 1 fully saturated rings. The number of hydrogen-bond acceptors (Lipinski definition) is 6. The average Bonchev–Trinajstić information content (AvgIpc) is 3.04. The van der Waals surface area contributed by atoms with Gasteiger partial charge in [-0.25, -0.2) is 4.68 Å². The SMILES string of the molecule is CC(Sc1nnc(-c2ccc(OC(F)F)cc2)n1N)C(=O)NC1CCCCC1C. The number of nitrogens with one attached hydrogen (secondary N) is 1. The first-order valence-electron chi connectivity index (χ1n) is 9.58. The van der Waals surface area contributed by atoms with E-state index < -0.39 is 6.61 Å². The fraction of sp³-hybridized carbons (Fsp3) is 0.526. The van der Waals surface area contributed by atoms with Crippen molar-refractivity contribution < 1.29 is 18.3 Å². The molecule has 7 nitrogen and oxygen atoms in total. The highest BCUT2D eigenvalue weighted by Crippen LogP contribution is 2.28. The van der Waals surface area contributed by atoms with Gasteiger partial charge in [0.2, 0.25) is 11.1 Å². The van der Waals surface area contributed by atoms with E-state index in [1.807, 2.05) is 0 Å². The molecule has 3 rings (SSSR count). The number of rotatable bonds is 7. The van der Waals surface area contributed by atoms with Gasteiger partial charge < -0.3 is 15.9 Å². The Balaban J connectivity index is 1.63. The molecule has 10 heteroatoms. The molecule has 1 saturated carbocycles. The van der Waals surface area contributed by atoms with E-state index in [4.69, 9.17) is 5.84 Å². The Morgan fingerprint density at radius 2 is 1.97 bits per heavy atom. The molecule has 0 spiro atoms. The third-order valence-electron chi connectivity index (χ3n) is 5.09. The molecule has 1 aliphatic carbocycles. The molecule has 1 aromatic carbocycles. The van der Waals surface area contributed by atoms with Crippen LogP contribution in [0.3, 0.4) is 0 Å². The van der Waals surface area contributed by atoms with Crippen LogP contribution in [0.2, 0.25) is 0 Å². The summed E-state index contributed by atoms with van der Waals surface area (Å²) < 4.78 is 30.2. The largest absolute Gasteiger partial charge is 0.435 e. The molecule has 1 aromatic heterocycles. The Morgan fingerprint density at radius 1 is 1.28 bits per heavy atom. The van der Waals surface area contributed by atoms with Crippen LogP contribution < -0.4 is 15.9 Å². The maximum absolute atomic E-state index is 12.6. The zero-order valence-electron chi connectivity index (χ0n) is 16.3. The molecule has 1 aliphatic rings. The Labute approximate surface area is 172 Å². The van der Waals surface area contributed by atoms with Gasteiger partial charge in [0, 0.05) is 11.6 Å². The normalized spacial score (nSPS) is 20.4. The first-order valence-corrected chi connectivity index (χ1v) is 10.5. The van der Waals surface area contributed by atoms with Crippen LogP contribution in [-0.4, -0.2) is 38.7 Å². The van der Waals surface area contributed by atoms with Gasteiger partial charge in [0.25, 0.3) is 0 Å². The Bertz CT molecular complexity index is 831. The van der Waals surface area contributed by atoms with E-state index in [1.165, 1.54) is 35.0 Å². The fourth-order valence-electron chi connectivity index (χ4n) is 3.38. The number of hydrogen-bond donors (Lipinski definition) is 2. The molecule has 0 radical (unpaired) electrons. The number of nitrogens with two attached hydrogens (primary N) is 1. The van der Waals surface area contributed by atoms with Gasteiger partial charge in [-0.15, -0.1) is 10.2 Å². The lowest BCUT2D eigenvalue weighted by atomic mass is 9.86. The topological polar surface area (TPSA) is 95.1 Å². The standard InChI is InChI=1S/C19H25F2N5O2S/c1-11-5-3-4-6-15(11)23-17(27)12(2)29-19-25-24-16(26(19)22)13-7-9-14(10-8-13)28-18(20)21/h7-12,15,18H,3-6,22H2,1-2H3,(H,23,27). The number of aromatic nitrogens is 3. The minimum atomic E-state index is -2.88. The van der Waals surface area contributed by atoms with Crippen molar-refractivity contribution in [2.75, 3.05) is 5.84 Å². The van der Waals surface area contributed by atoms with Crippen LogP contribution >= 0.6 is 11.8 Å². The summed E-state index contributed by atoms with van der Waals surface area (Å²) in [5.74, 6) is 6.94. The summed E-state index contributed by atoms with van der Waals surface area (Å²) >= 11 is 1.22. The van der Waals surface area contributed by atoms with Gasteiger partial charge in [-0.3, -0.25) is 4.79 Å². The predicted molar refractivity (Wildman–Crippen MR) is 107 cm³/mol. The van der Waals surface area contributed by atoms with Crippen LogP contribution in [0.25, 0.3) is 11.4 Å². The number of ether oxygens (including phenoxy) is 1. The Morgan fingerprint density at radius 3 is 2.62 bits per heavy atom. The van der Waals surface area contributed by atoms with Crippen molar-refractivity contribution >= 4 is 17.7 Å². The number of thioether (sulfide) groups is 1. The number of benzene rings is 1. The lowest BCUT2D eigenvalue weighted by Gasteiger charge is -2.30. The van der Waals surface area contributed by atoms with Gasteiger partial charge in [0.05, 0.1) is 5.25 Å². The number of amides is 1. The third kappa shape index (κ3) is 5.37. The maximum Gasteiger partial charge on any atom is 0.387 e. The van der Waals surface area contributed by atoms with E-state index >= 15 is 0 Å². The number of carbonyl (C=O) groups excluding carboxylic acids is 1. The van der Waals surface area contributed by atoms with Gasteiger partial charge in [0.15, 0.2) is 5.82 Å². The highest BCUT2D eigenvalue weighted by Gasteiger charge is 2.26. The monoisotopic (exact) mass is 425 g/mol. The van der Waals surface area contributed by atoms with Gasteiger partial charge >= 0.3 is 6.61 Å². The van der Waals surface area contributed by atoms with Gasteiger partial charge in [-0.2, -0.15) is 8.78 Å². The van der Waals surface area contributed by atoms with Crippen LogP contribution in [0, 0.1) is 5.92 Å². The van der Waals surface area contributed by atoms with Crippen LogP contribution in [0.15, 0.2) is 29.4 Å². The van der Waals surface area contributed by atoms with Crippen molar-refractivity contribution in [3.05, 3.63) is 24.3 Å². The second-order valence-electron chi connectivity index (χ2n) is 7.22. The molecular weight excluding hydrogens is 400 g/mol. The van der Waals surface area contributed by atoms with Crippen molar-refractivity contribution in [1.29, 1.82) is 0 Å². The summed E-state index contributed by atoms with van der Waals surface area (Å²) in [5.41, 5.74) is 0.599. The summed E-state index contributed by atoms with van der Waals surface area (Å²) in [7, 11) is 0. The average molecular weight is 426 g/mol. The van der Waals surface area contributed by atoms with E-state index in [0.717, 1.165) is 19.3 Å². The minimum Gasteiger partial charge on any atom is -0.435 e. The van der Waals surface area contributed by atoms with E-state index in [2.05, 4.69) is 27.2 Å². The van der Waals surface area contributed by atoms with Crippen LogP contribution in [0.5, 0.6) is 5.75 Å². The maximum atomic E-state index is 12.6. The lowest BCUT2D eigenvalue weighted by molar-refractivity contribution is -0.121. The van der Waals surface area contributed by atoms with Crippen LogP contribution in [0.1, 0.15) is 39.5 Å². The molecule has 1 heterocycles. The smallest absolute Gasteiger partial charge is 0.387 e. The quantitative estimate of drug-likeness (QED) is 0.521. The molecular formula is C19H25F2N5O2S. The molecule has 0 bridgehead atoms.